The number of rotatable bonds is 6. The number of ether oxygens (including phenoxy) is 1. The summed E-state index contributed by atoms with van der Waals surface area (Å²) in [5, 5.41) is 12.8. The third kappa shape index (κ3) is 7.07. The minimum atomic E-state index is -0.719. The average Bonchev–Trinajstić information content (AvgIpc) is 2.84. The Bertz CT molecular complexity index is 286. The molecule has 0 radical (unpaired) electrons. The number of aliphatic hydroxyl groups is 1. The van der Waals surface area contributed by atoms with Crippen LogP contribution in [0.2, 0.25) is 0 Å². The van der Waals surface area contributed by atoms with Crippen LogP contribution < -0.4 is 0 Å². The van der Waals surface area contributed by atoms with Gasteiger partial charge >= 0.3 is 0 Å². The van der Waals surface area contributed by atoms with Crippen molar-refractivity contribution in [2.75, 3.05) is 7.11 Å². The van der Waals surface area contributed by atoms with Crippen LogP contribution in [-0.2, 0) is 15.1 Å². The van der Waals surface area contributed by atoms with Crippen molar-refractivity contribution < 1.29 is 14.6 Å². The monoisotopic (exact) mass is 259 g/mol. The zero-order chi connectivity index (χ0) is 13.1. The van der Waals surface area contributed by atoms with Gasteiger partial charge in [0.1, 0.15) is 10.6 Å². The second-order valence-corrected chi connectivity index (χ2v) is 4.79. The van der Waals surface area contributed by atoms with Crippen LogP contribution >= 0.6 is 11.3 Å². The molecule has 0 aliphatic heterocycles. The van der Waals surface area contributed by atoms with Crippen LogP contribution in [0.1, 0.15) is 44.5 Å². The summed E-state index contributed by atoms with van der Waals surface area (Å²) in [6.07, 6.45) is 6.00. The van der Waals surface area contributed by atoms with Gasteiger partial charge in [0.05, 0.1) is 7.11 Å². The summed E-state index contributed by atoms with van der Waals surface area (Å²) >= 11 is 1.53. The van der Waals surface area contributed by atoms with E-state index >= 15 is 0 Å². The summed E-state index contributed by atoms with van der Waals surface area (Å²) in [6, 6.07) is 0. The Balaban J connectivity index is 0.000000557. The molecule has 1 aromatic rings. The van der Waals surface area contributed by atoms with Gasteiger partial charge in [-0.05, 0) is 13.3 Å². The number of nitrogens with zero attached hydrogens (tertiary/aromatic N) is 1. The Morgan fingerprint density at radius 1 is 1.59 bits per heavy atom. The van der Waals surface area contributed by atoms with Crippen molar-refractivity contribution in [1.82, 2.24) is 4.98 Å². The Hall–Kier alpha value is -0.940. The predicted molar refractivity (Wildman–Crippen MR) is 68.9 cm³/mol. The number of carbonyl (C=O) groups is 1. The molecule has 0 saturated heterocycles. The van der Waals surface area contributed by atoms with Crippen LogP contribution in [0.4, 0.5) is 0 Å². The van der Waals surface area contributed by atoms with E-state index in [4.69, 9.17) is 4.79 Å². The molecule has 5 heteroatoms. The van der Waals surface area contributed by atoms with E-state index in [-0.39, 0.29) is 0 Å². The summed E-state index contributed by atoms with van der Waals surface area (Å²) in [7, 11) is 1.31. The zero-order valence-electron chi connectivity index (χ0n) is 10.7. The standard InChI is InChI=1S/C10H17NOS.C2H4O2/c1-3-4-5-6-10(2,12)9-11-7-8-13-9;1-4-2-3/h7-8,12H,3-6H2,1-2H3;2H,1H3/t10-;/m0./s1. The van der Waals surface area contributed by atoms with Crippen molar-refractivity contribution in [2.24, 2.45) is 0 Å². The lowest BCUT2D eigenvalue weighted by Crippen LogP contribution is -2.20. The molecule has 0 bridgehead atoms. The summed E-state index contributed by atoms with van der Waals surface area (Å²) in [5.74, 6) is 0. The lowest BCUT2D eigenvalue weighted by atomic mass is 9.99. The first-order valence-corrected chi connectivity index (χ1v) is 6.55. The van der Waals surface area contributed by atoms with Gasteiger partial charge in [-0.1, -0.05) is 26.2 Å². The number of unbranched alkanes of at least 4 members (excludes halogenated alkanes) is 2. The first-order chi connectivity index (χ1) is 8.08. The second kappa shape index (κ2) is 9.13. The molecule has 17 heavy (non-hydrogen) atoms. The fourth-order valence-corrected chi connectivity index (χ4v) is 2.04. The smallest absolute Gasteiger partial charge is 0.292 e. The Kier molecular flexibility index (Phi) is 8.62. The largest absolute Gasteiger partial charge is 0.471 e. The third-order valence-electron chi connectivity index (χ3n) is 2.26. The van der Waals surface area contributed by atoms with Crippen molar-refractivity contribution in [1.29, 1.82) is 0 Å². The molecular formula is C12H21NO3S. The van der Waals surface area contributed by atoms with Crippen molar-refractivity contribution >= 4 is 17.8 Å². The molecule has 98 valence electrons. The topological polar surface area (TPSA) is 59.4 Å². The van der Waals surface area contributed by atoms with Crippen LogP contribution in [0.5, 0.6) is 0 Å². The summed E-state index contributed by atoms with van der Waals surface area (Å²) in [6.45, 7) is 4.39. The Morgan fingerprint density at radius 3 is 2.65 bits per heavy atom. The molecule has 0 aliphatic carbocycles. The SMILES string of the molecule is CCCCC[C@](C)(O)c1nccs1.COC=O. The molecule has 1 rings (SSSR count). The van der Waals surface area contributed by atoms with E-state index in [1.165, 1.54) is 31.3 Å². The van der Waals surface area contributed by atoms with Gasteiger partial charge in [0.2, 0.25) is 0 Å². The molecule has 1 heterocycles. The number of methoxy groups -OCH3 is 1. The quantitative estimate of drug-likeness (QED) is 0.630. The molecular weight excluding hydrogens is 238 g/mol. The fraction of sp³-hybridized carbons (Fsp3) is 0.667. The zero-order valence-corrected chi connectivity index (χ0v) is 11.5. The lowest BCUT2D eigenvalue weighted by molar-refractivity contribution is -0.126. The van der Waals surface area contributed by atoms with Crippen molar-refractivity contribution in [3.05, 3.63) is 16.6 Å². The minimum absolute atomic E-state index is 0.375. The van der Waals surface area contributed by atoms with Crippen LogP contribution in [0.25, 0.3) is 0 Å². The van der Waals surface area contributed by atoms with E-state index in [1.807, 2.05) is 12.3 Å². The number of hydrogen-bond donors (Lipinski definition) is 1. The molecule has 0 fully saturated rings. The van der Waals surface area contributed by atoms with Crippen LogP contribution in [0.3, 0.4) is 0 Å². The van der Waals surface area contributed by atoms with Crippen LogP contribution in [0.15, 0.2) is 11.6 Å². The normalized spacial score (nSPS) is 13.2. The minimum Gasteiger partial charge on any atom is -0.471 e. The van der Waals surface area contributed by atoms with Gasteiger partial charge in [0, 0.05) is 11.6 Å². The molecule has 0 aromatic carbocycles. The molecule has 0 amide bonds. The van der Waals surface area contributed by atoms with Gasteiger partial charge in [-0.2, -0.15) is 0 Å². The average molecular weight is 259 g/mol. The molecule has 0 unspecified atom stereocenters. The van der Waals surface area contributed by atoms with Crippen molar-refractivity contribution in [3.63, 3.8) is 0 Å². The van der Waals surface area contributed by atoms with Crippen LogP contribution in [-0.4, -0.2) is 23.7 Å². The maximum absolute atomic E-state index is 10.0. The molecule has 0 saturated carbocycles. The number of carbonyl (C=O) groups excluding carboxylic acids is 1. The Morgan fingerprint density at radius 2 is 2.24 bits per heavy atom. The number of aromatic nitrogens is 1. The van der Waals surface area contributed by atoms with Crippen molar-refractivity contribution in [3.8, 4) is 0 Å². The van der Waals surface area contributed by atoms with E-state index in [0.29, 0.717) is 6.47 Å². The highest BCUT2D eigenvalue weighted by Crippen LogP contribution is 2.28. The summed E-state index contributed by atoms with van der Waals surface area (Å²) in [5.41, 5.74) is -0.719. The highest BCUT2D eigenvalue weighted by Gasteiger charge is 2.24. The van der Waals surface area contributed by atoms with Gasteiger partial charge < -0.3 is 9.84 Å². The van der Waals surface area contributed by atoms with E-state index in [1.54, 1.807) is 6.20 Å². The van der Waals surface area contributed by atoms with E-state index in [0.717, 1.165) is 17.8 Å². The van der Waals surface area contributed by atoms with Gasteiger partial charge in [0.25, 0.3) is 6.47 Å². The Labute approximate surface area is 107 Å². The first kappa shape index (κ1) is 16.1. The summed E-state index contributed by atoms with van der Waals surface area (Å²) in [4.78, 5) is 13.1. The maximum atomic E-state index is 10.0. The number of hydrogen-bond acceptors (Lipinski definition) is 5. The van der Waals surface area contributed by atoms with Gasteiger partial charge in [-0.25, -0.2) is 4.98 Å². The van der Waals surface area contributed by atoms with E-state index < -0.39 is 5.60 Å². The highest BCUT2D eigenvalue weighted by atomic mass is 32.1. The predicted octanol–water partition coefficient (Wildman–Crippen LogP) is 2.72. The number of thiazole rings is 1. The van der Waals surface area contributed by atoms with Gasteiger partial charge in [-0.3, -0.25) is 4.79 Å². The molecule has 1 aromatic heterocycles. The molecule has 1 atom stereocenters. The van der Waals surface area contributed by atoms with Gasteiger partial charge in [-0.15, -0.1) is 11.3 Å². The second-order valence-electron chi connectivity index (χ2n) is 3.90. The first-order valence-electron chi connectivity index (χ1n) is 5.67. The van der Waals surface area contributed by atoms with Gasteiger partial charge in [0.15, 0.2) is 0 Å². The molecule has 0 aliphatic rings. The molecule has 1 N–H and O–H groups in total. The highest BCUT2D eigenvalue weighted by molar-refractivity contribution is 7.09. The fourth-order valence-electron chi connectivity index (χ4n) is 1.32. The lowest BCUT2D eigenvalue weighted by Gasteiger charge is -2.19. The third-order valence-corrected chi connectivity index (χ3v) is 3.28. The van der Waals surface area contributed by atoms with Crippen LogP contribution in [0, 0.1) is 0 Å². The van der Waals surface area contributed by atoms with Crippen molar-refractivity contribution in [2.45, 2.75) is 45.1 Å². The van der Waals surface area contributed by atoms with E-state index in [2.05, 4.69) is 16.6 Å². The van der Waals surface area contributed by atoms with E-state index in [9.17, 15) is 5.11 Å². The maximum Gasteiger partial charge on any atom is 0.292 e. The molecule has 0 spiro atoms. The molecule has 4 nitrogen and oxygen atoms in total. The summed E-state index contributed by atoms with van der Waals surface area (Å²) < 4.78 is 3.86.